The summed E-state index contributed by atoms with van der Waals surface area (Å²) in [7, 11) is 1.19. The Hall–Kier alpha value is -4.09. The van der Waals surface area contributed by atoms with Crippen LogP contribution in [-0.4, -0.2) is 53.5 Å². The van der Waals surface area contributed by atoms with Crippen molar-refractivity contribution in [2.24, 2.45) is 0 Å². The SMILES string of the molecule is COC(=O)OC1CCCN1n1ccc(N(C(=O)OCc2ccccc2)C(=O)OC(C)(C)C)nc1=O. The molecule has 1 atom stereocenters. The number of benzene rings is 1. The molecular weight excluding hydrogens is 460 g/mol. The van der Waals surface area contributed by atoms with Gasteiger partial charge >= 0.3 is 24.0 Å². The zero-order chi connectivity index (χ0) is 25.6. The van der Waals surface area contributed by atoms with Crippen LogP contribution in [0, 0.1) is 0 Å². The Morgan fingerprint density at radius 1 is 1.11 bits per heavy atom. The number of anilines is 1. The molecule has 12 nitrogen and oxygen atoms in total. The zero-order valence-electron chi connectivity index (χ0n) is 20.0. The number of nitrogens with zero attached hydrogens (tertiary/aromatic N) is 4. The van der Waals surface area contributed by atoms with Gasteiger partial charge in [-0.25, -0.2) is 23.9 Å². The van der Waals surface area contributed by atoms with Crippen LogP contribution in [0.4, 0.5) is 20.2 Å². The highest BCUT2D eigenvalue weighted by atomic mass is 16.7. The number of rotatable bonds is 5. The van der Waals surface area contributed by atoms with Gasteiger partial charge in [-0.1, -0.05) is 30.3 Å². The van der Waals surface area contributed by atoms with Gasteiger partial charge in [0.25, 0.3) is 0 Å². The van der Waals surface area contributed by atoms with Crippen LogP contribution in [0.25, 0.3) is 0 Å². The summed E-state index contributed by atoms with van der Waals surface area (Å²) in [5.41, 5.74) is -1.01. The fourth-order valence-corrected chi connectivity index (χ4v) is 3.31. The third-order valence-electron chi connectivity index (χ3n) is 4.81. The minimum Gasteiger partial charge on any atom is -0.444 e. The van der Waals surface area contributed by atoms with Crippen molar-refractivity contribution in [3.05, 3.63) is 58.6 Å². The Labute approximate surface area is 201 Å². The van der Waals surface area contributed by atoms with E-state index in [2.05, 4.69) is 9.72 Å². The lowest BCUT2D eigenvalue weighted by Crippen LogP contribution is -2.48. The van der Waals surface area contributed by atoms with Gasteiger partial charge in [0.1, 0.15) is 12.2 Å². The molecule has 0 aliphatic carbocycles. The Morgan fingerprint density at radius 2 is 1.83 bits per heavy atom. The molecule has 2 aromatic rings. The summed E-state index contributed by atoms with van der Waals surface area (Å²) >= 11 is 0. The van der Waals surface area contributed by atoms with E-state index >= 15 is 0 Å². The molecule has 1 aromatic carbocycles. The molecule has 2 heterocycles. The number of ether oxygens (including phenoxy) is 4. The number of methoxy groups -OCH3 is 1. The van der Waals surface area contributed by atoms with Crippen molar-refractivity contribution in [3.8, 4) is 0 Å². The van der Waals surface area contributed by atoms with Crippen LogP contribution in [-0.2, 0) is 25.6 Å². The second-order valence-electron chi connectivity index (χ2n) is 8.60. The first-order valence-corrected chi connectivity index (χ1v) is 10.9. The second kappa shape index (κ2) is 10.9. The lowest BCUT2D eigenvalue weighted by atomic mass is 10.2. The summed E-state index contributed by atoms with van der Waals surface area (Å²) in [6, 6.07) is 10.2. The van der Waals surface area contributed by atoms with Gasteiger partial charge < -0.3 is 18.9 Å². The van der Waals surface area contributed by atoms with Crippen molar-refractivity contribution in [1.82, 2.24) is 9.66 Å². The summed E-state index contributed by atoms with van der Waals surface area (Å²) < 4.78 is 21.5. The van der Waals surface area contributed by atoms with E-state index in [4.69, 9.17) is 14.2 Å². The second-order valence-corrected chi connectivity index (χ2v) is 8.60. The maximum Gasteiger partial charge on any atom is 0.509 e. The minimum atomic E-state index is -1.05. The number of carbonyl (C=O) groups excluding carboxylic acids is 3. The maximum atomic E-state index is 12.9. The van der Waals surface area contributed by atoms with E-state index < -0.39 is 35.9 Å². The van der Waals surface area contributed by atoms with Crippen molar-refractivity contribution in [3.63, 3.8) is 0 Å². The van der Waals surface area contributed by atoms with Crippen LogP contribution in [0.15, 0.2) is 47.4 Å². The number of hydrogen-bond acceptors (Lipinski definition) is 10. The van der Waals surface area contributed by atoms with E-state index in [1.54, 1.807) is 45.0 Å². The number of hydrogen-bond donors (Lipinski definition) is 0. The van der Waals surface area contributed by atoms with Gasteiger partial charge in [0.2, 0.25) is 0 Å². The molecule has 12 heteroatoms. The average Bonchev–Trinajstić information content (AvgIpc) is 3.25. The molecule has 35 heavy (non-hydrogen) atoms. The fraction of sp³-hybridized carbons (Fsp3) is 0.435. The standard InChI is InChI=1S/C23H28N4O8/c1-23(2,3)35-21(30)27(20(29)33-15-16-9-6-5-7-10-16)17-12-14-26(19(28)24-17)25-13-8-11-18(25)34-22(31)32-4/h5-7,9-10,12,14,18H,8,11,13,15H2,1-4H3. The van der Waals surface area contributed by atoms with E-state index in [9.17, 15) is 19.2 Å². The van der Waals surface area contributed by atoms with E-state index in [1.165, 1.54) is 24.4 Å². The predicted octanol–water partition coefficient (Wildman–Crippen LogP) is 3.16. The summed E-state index contributed by atoms with van der Waals surface area (Å²) in [6.07, 6.45) is -1.24. The normalized spacial score (nSPS) is 15.3. The first-order valence-electron chi connectivity index (χ1n) is 10.9. The molecule has 1 aliphatic heterocycles. The number of aromatic nitrogens is 2. The molecule has 0 saturated carbocycles. The van der Waals surface area contributed by atoms with E-state index in [0.29, 0.717) is 29.8 Å². The quantitative estimate of drug-likeness (QED) is 0.457. The number of imide groups is 1. The lowest BCUT2D eigenvalue weighted by Gasteiger charge is -2.28. The molecule has 3 rings (SSSR count). The van der Waals surface area contributed by atoms with Crippen LogP contribution < -0.4 is 15.6 Å². The van der Waals surface area contributed by atoms with E-state index in [1.807, 2.05) is 6.07 Å². The van der Waals surface area contributed by atoms with E-state index in [0.717, 1.165) is 4.68 Å². The Bertz CT molecular complexity index is 1110. The van der Waals surface area contributed by atoms with E-state index in [-0.39, 0.29) is 12.4 Å². The van der Waals surface area contributed by atoms with Gasteiger partial charge in [-0.2, -0.15) is 9.88 Å². The van der Waals surface area contributed by atoms with Gasteiger partial charge in [0.15, 0.2) is 12.0 Å². The van der Waals surface area contributed by atoms with Gasteiger partial charge in [-0.3, -0.25) is 5.01 Å². The van der Waals surface area contributed by atoms with Crippen LogP contribution in [0.3, 0.4) is 0 Å². The van der Waals surface area contributed by atoms with Gasteiger partial charge in [0.05, 0.1) is 7.11 Å². The van der Waals surface area contributed by atoms with Crippen molar-refractivity contribution >= 4 is 24.2 Å². The summed E-state index contributed by atoms with van der Waals surface area (Å²) in [5.74, 6) is -0.275. The third-order valence-corrected chi connectivity index (χ3v) is 4.81. The topological polar surface area (TPSA) is 130 Å². The molecule has 0 spiro atoms. The van der Waals surface area contributed by atoms with Gasteiger partial charge in [-0.05, 0) is 32.8 Å². The number of carbonyl (C=O) groups is 3. The monoisotopic (exact) mass is 488 g/mol. The molecule has 1 saturated heterocycles. The molecule has 1 unspecified atom stereocenters. The van der Waals surface area contributed by atoms with Crippen molar-refractivity contribution < 1.29 is 33.3 Å². The Morgan fingerprint density at radius 3 is 2.46 bits per heavy atom. The van der Waals surface area contributed by atoms with Gasteiger partial charge in [0, 0.05) is 25.2 Å². The van der Waals surface area contributed by atoms with Gasteiger partial charge in [-0.15, -0.1) is 0 Å². The molecule has 1 aromatic heterocycles. The highest BCUT2D eigenvalue weighted by Crippen LogP contribution is 2.19. The third kappa shape index (κ3) is 6.71. The smallest absolute Gasteiger partial charge is 0.444 e. The highest BCUT2D eigenvalue weighted by molar-refractivity contribution is 6.08. The summed E-state index contributed by atoms with van der Waals surface area (Å²) in [6.45, 7) is 5.23. The zero-order valence-corrected chi connectivity index (χ0v) is 20.0. The first kappa shape index (κ1) is 25.5. The van der Waals surface area contributed by atoms with Crippen LogP contribution in [0.2, 0.25) is 0 Å². The van der Waals surface area contributed by atoms with Crippen molar-refractivity contribution in [2.75, 3.05) is 23.6 Å². The molecule has 1 aliphatic rings. The van der Waals surface area contributed by atoms with Crippen molar-refractivity contribution in [1.29, 1.82) is 0 Å². The Kier molecular flexibility index (Phi) is 7.94. The Balaban J connectivity index is 1.86. The molecular formula is C23H28N4O8. The summed E-state index contributed by atoms with van der Waals surface area (Å²) in [4.78, 5) is 54.5. The molecule has 0 radical (unpaired) electrons. The highest BCUT2D eigenvalue weighted by Gasteiger charge is 2.33. The molecule has 188 valence electrons. The largest absolute Gasteiger partial charge is 0.509 e. The van der Waals surface area contributed by atoms with Crippen LogP contribution in [0.5, 0.6) is 0 Å². The molecule has 0 N–H and O–H groups in total. The number of amides is 2. The van der Waals surface area contributed by atoms with Crippen LogP contribution in [0.1, 0.15) is 39.2 Å². The molecule has 2 amide bonds. The molecule has 1 fully saturated rings. The lowest BCUT2D eigenvalue weighted by molar-refractivity contribution is 0.0331. The minimum absolute atomic E-state index is 0.101. The predicted molar refractivity (Wildman–Crippen MR) is 123 cm³/mol. The fourth-order valence-electron chi connectivity index (χ4n) is 3.31. The first-order chi connectivity index (χ1) is 16.6. The summed E-state index contributed by atoms with van der Waals surface area (Å²) in [5, 5.41) is 1.50. The van der Waals surface area contributed by atoms with Crippen LogP contribution >= 0.6 is 0 Å². The van der Waals surface area contributed by atoms with Crippen molar-refractivity contribution in [2.45, 2.75) is 52.0 Å². The average molecular weight is 488 g/mol. The molecule has 0 bridgehead atoms. The maximum absolute atomic E-state index is 12.9.